The minimum atomic E-state index is -0.358. The van der Waals surface area contributed by atoms with E-state index in [0.29, 0.717) is 24.8 Å². The molecule has 3 atom stereocenters. The molecule has 1 aromatic carbocycles. The van der Waals surface area contributed by atoms with Gasteiger partial charge in [-0.15, -0.1) is 0 Å². The molecule has 0 aliphatic carbocycles. The fraction of sp³-hybridized carbons (Fsp3) is 0.550. The summed E-state index contributed by atoms with van der Waals surface area (Å²) in [6, 6.07) is 6.95. The number of carbonyl (C=O) groups is 2. The quantitative estimate of drug-likeness (QED) is 0.802. The number of fused-ring (bicyclic) bond motifs is 1. The molecular weight excluding hydrogens is 342 g/mol. The first-order valence-electron chi connectivity index (χ1n) is 9.70. The monoisotopic (exact) mass is 369 g/mol. The summed E-state index contributed by atoms with van der Waals surface area (Å²) in [6.07, 6.45) is 2.01. The van der Waals surface area contributed by atoms with Crippen LogP contribution in [-0.2, 0) is 16.6 Å². The van der Waals surface area contributed by atoms with Gasteiger partial charge in [-0.1, -0.05) is 6.92 Å². The molecule has 0 bridgehead atoms. The number of amides is 2. The van der Waals surface area contributed by atoms with Crippen LogP contribution < -0.4 is 15.5 Å². The Balaban J connectivity index is 1.64. The van der Waals surface area contributed by atoms with Crippen LogP contribution in [0.4, 0.5) is 5.69 Å². The zero-order chi connectivity index (χ0) is 19.1. The Morgan fingerprint density at radius 2 is 2.07 bits per heavy atom. The Kier molecular flexibility index (Phi) is 4.63. The maximum absolute atomic E-state index is 12.3. The van der Waals surface area contributed by atoms with Crippen LogP contribution in [0.3, 0.4) is 0 Å². The third-order valence-electron chi connectivity index (χ3n) is 6.07. The molecule has 2 fully saturated rings. The number of imide groups is 1. The molecule has 2 N–H and O–H groups in total. The standard InChI is InChI=1S/C20H27N5O2/c1-12-11-25(9-8-16(12)21-2)13-4-5-14-17(10-13)24(3)23-19(14)15-6-7-18(26)22-20(15)27/h4-5,10,12,15-16,21H,6-9,11H2,1-3H3,(H,22,26,27)/t12-,15?,16-/m1/s1. The van der Waals surface area contributed by atoms with Crippen LogP contribution in [0.1, 0.15) is 37.8 Å². The third-order valence-corrected chi connectivity index (χ3v) is 6.07. The van der Waals surface area contributed by atoms with E-state index in [1.165, 1.54) is 5.69 Å². The third kappa shape index (κ3) is 3.20. The number of rotatable bonds is 3. The summed E-state index contributed by atoms with van der Waals surface area (Å²) in [4.78, 5) is 26.1. The molecule has 2 aliphatic heterocycles. The van der Waals surface area contributed by atoms with Gasteiger partial charge >= 0.3 is 0 Å². The second kappa shape index (κ2) is 6.96. The van der Waals surface area contributed by atoms with Crippen molar-refractivity contribution in [3.05, 3.63) is 23.9 Å². The van der Waals surface area contributed by atoms with E-state index in [2.05, 4.69) is 45.8 Å². The highest BCUT2D eigenvalue weighted by atomic mass is 16.2. The molecule has 144 valence electrons. The topological polar surface area (TPSA) is 79.3 Å². The summed E-state index contributed by atoms with van der Waals surface area (Å²) in [7, 11) is 3.95. The Hall–Kier alpha value is -2.41. The highest BCUT2D eigenvalue weighted by Gasteiger charge is 2.32. The predicted molar refractivity (Wildman–Crippen MR) is 105 cm³/mol. The maximum atomic E-state index is 12.3. The molecule has 27 heavy (non-hydrogen) atoms. The van der Waals surface area contributed by atoms with Gasteiger partial charge in [0.2, 0.25) is 11.8 Å². The van der Waals surface area contributed by atoms with Gasteiger partial charge in [0.15, 0.2) is 0 Å². The fourth-order valence-electron chi connectivity index (χ4n) is 4.49. The summed E-state index contributed by atoms with van der Waals surface area (Å²) >= 11 is 0. The minimum absolute atomic E-state index is 0.196. The van der Waals surface area contributed by atoms with Gasteiger partial charge in [-0.05, 0) is 44.0 Å². The van der Waals surface area contributed by atoms with Gasteiger partial charge in [0, 0.05) is 43.7 Å². The van der Waals surface area contributed by atoms with E-state index in [1.54, 1.807) is 0 Å². The normalized spacial score (nSPS) is 26.5. The molecule has 0 spiro atoms. The Bertz CT molecular complexity index is 890. The lowest BCUT2D eigenvalue weighted by Gasteiger charge is -2.38. The van der Waals surface area contributed by atoms with Crippen LogP contribution in [0.25, 0.3) is 10.9 Å². The molecule has 7 heteroatoms. The number of nitrogens with one attached hydrogen (secondary N) is 2. The molecule has 2 saturated heterocycles. The number of nitrogens with zero attached hydrogens (tertiary/aromatic N) is 3. The zero-order valence-electron chi connectivity index (χ0n) is 16.2. The Morgan fingerprint density at radius 1 is 1.26 bits per heavy atom. The number of hydrogen-bond donors (Lipinski definition) is 2. The second-order valence-corrected chi connectivity index (χ2v) is 7.82. The van der Waals surface area contributed by atoms with Gasteiger partial charge in [0.05, 0.1) is 17.1 Å². The first kappa shape index (κ1) is 18.0. The summed E-state index contributed by atoms with van der Waals surface area (Å²) in [5.74, 6) is -0.204. The van der Waals surface area contributed by atoms with Gasteiger partial charge in [0.25, 0.3) is 0 Å². The van der Waals surface area contributed by atoms with E-state index in [0.717, 1.165) is 36.1 Å². The molecule has 3 heterocycles. The van der Waals surface area contributed by atoms with Gasteiger partial charge in [-0.2, -0.15) is 5.10 Å². The van der Waals surface area contributed by atoms with Crippen molar-refractivity contribution < 1.29 is 9.59 Å². The minimum Gasteiger partial charge on any atom is -0.371 e. The van der Waals surface area contributed by atoms with E-state index in [1.807, 2.05) is 18.8 Å². The predicted octanol–water partition coefficient (Wildman–Crippen LogP) is 1.53. The van der Waals surface area contributed by atoms with Crippen LogP contribution in [0, 0.1) is 5.92 Å². The first-order valence-corrected chi connectivity index (χ1v) is 9.70. The van der Waals surface area contributed by atoms with Crippen molar-refractivity contribution in [1.82, 2.24) is 20.4 Å². The Morgan fingerprint density at radius 3 is 2.78 bits per heavy atom. The molecule has 2 aliphatic rings. The second-order valence-electron chi connectivity index (χ2n) is 7.82. The van der Waals surface area contributed by atoms with E-state index in [-0.39, 0.29) is 17.7 Å². The van der Waals surface area contributed by atoms with Crippen LogP contribution in [0.15, 0.2) is 18.2 Å². The number of aryl methyl sites for hydroxylation is 1. The summed E-state index contributed by atoms with van der Waals surface area (Å²) in [6.45, 7) is 4.34. The van der Waals surface area contributed by atoms with Gasteiger partial charge in [-0.3, -0.25) is 19.6 Å². The molecule has 1 aromatic heterocycles. The molecule has 2 aromatic rings. The summed E-state index contributed by atoms with van der Waals surface area (Å²) in [5, 5.41) is 11.5. The highest BCUT2D eigenvalue weighted by molar-refractivity contribution is 6.02. The van der Waals surface area contributed by atoms with Crippen molar-refractivity contribution in [1.29, 1.82) is 0 Å². The van der Waals surface area contributed by atoms with Crippen LogP contribution >= 0.6 is 0 Å². The molecular formula is C20H27N5O2. The number of hydrogen-bond acceptors (Lipinski definition) is 5. The van der Waals surface area contributed by atoms with E-state index < -0.39 is 0 Å². The lowest BCUT2D eigenvalue weighted by Crippen LogP contribution is -2.47. The van der Waals surface area contributed by atoms with Gasteiger partial charge in [0.1, 0.15) is 0 Å². The number of anilines is 1. The van der Waals surface area contributed by atoms with Crippen molar-refractivity contribution in [3.8, 4) is 0 Å². The van der Waals surface area contributed by atoms with Crippen LogP contribution in [0.2, 0.25) is 0 Å². The number of carbonyl (C=O) groups excluding carboxylic acids is 2. The van der Waals surface area contributed by atoms with Crippen molar-refractivity contribution in [3.63, 3.8) is 0 Å². The smallest absolute Gasteiger partial charge is 0.235 e. The number of piperidine rings is 2. The van der Waals surface area contributed by atoms with E-state index >= 15 is 0 Å². The molecule has 0 saturated carbocycles. The summed E-state index contributed by atoms with van der Waals surface area (Å²) < 4.78 is 1.85. The van der Waals surface area contributed by atoms with Gasteiger partial charge < -0.3 is 10.2 Å². The van der Waals surface area contributed by atoms with Crippen LogP contribution in [-0.4, -0.2) is 47.8 Å². The zero-order valence-corrected chi connectivity index (χ0v) is 16.2. The largest absolute Gasteiger partial charge is 0.371 e. The number of aromatic nitrogens is 2. The summed E-state index contributed by atoms with van der Waals surface area (Å²) in [5.41, 5.74) is 2.99. The van der Waals surface area contributed by atoms with Crippen LogP contribution in [0.5, 0.6) is 0 Å². The maximum Gasteiger partial charge on any atom is 0.235 e. The molecule has 4 rings (SSSR count). The van der Waals surface area contributed by atoms with Crippen molar-refractivity contribution >= 4 is 28.4 Å². The average molecular weight is 369 g/mol. The number of benzene rings is 1. The first-order chi connectivity index (χ1) is 13.0. The fourth-order valence-corrected chi connectivity index (χ4v) is 4.49. The lowest BCUT2D eigenvalue weighted by molar-refractivity contribution is -0.134. The molecule has 7 nitrogen and oxygen atoms in total. The average Bonchev–Trinajstić information content (AvgIpc) is 2.97. The van der Waals surface area contributed by atoms with Crippen molar-refractivity contribution in [2.45, 2.75) is 38.1 Å². The van der Waals surface area contributed by atoms with E-state index in [9.17, 15) is 9.59 Å². The SMILES string of the molecule is CN[C@@H]1CCN(c2ccc3c(C4CCC(=O)NC4=O)nn(C)c3c2)C[C@H]1C. The van der Waals surface area contributed by atoms with Crippen molar-refractivity contribution in [2.24, 2.45) is 13.0 Å². The highest BCUT2D eigenvalue weighted by Crippen LogP contribution is 2.33. The Labute approximate surface area is 159 Å². The molecule has 1 unspecified atom stereocenters. The molecule has 0 radical (unpaired) electrons. The van der Waals surface area contributed by atoms with E-state index in [4.69, 9.17) is 0 Å². The van der Waals surface area contributed by atoms with Crippen molar-refractivity contribution in [2.75, 3.05) is 25.0 Å². The lowest BCUT2D eigenvalue weighted by atomic mass is 9.92. The van der Waals surface area contributed by atoms with Gasteiger partial charge in [-0.25, -0.2) is 0 Å². The molecule has 2 amide bonds.